The van der Waals surface area contributed by atoms with Crippen LogP contribution in [-0.2, 0) is 62.5 Å². The number of halogens is 6. The zero-order chi connectivity index (χ0) is 64.3. The van der Waals surface area contributed by atoms with Crippen LogP contribution in [0.1, 0.15) is 98.0 Å². The van der Waals surface area contributed by atoms with Crippen LogP contribution in [0.4, 0.5) is 32.0 Å². The minimum atomic E-state index is -4.72. The average Bonchev–Trinajstić information content (AvgIpc) is 2.22. The Morgan fingerprint density at radius 3 is 2.06 bits per heavy atom. The number of carbonyl (C=O) groups is 6. The molecule has 7 rings (SSSR count). The number of nitrogens with two attached hydrogens (primary N) is 4. The molecule has 3 aliphatic heterocycles. The molecule has 17 N–H and O–H groups in total. The number of rotatable bonds is 27. The number of anilines is 1. The third kappa shape index (κ3) is 18.3. The number of carbonyl (C=O) groups excluding carboxylic acids is 6. The van der Waals surface area contributed by atoms with Gasteiger partial charge in [0.25, 0.3) is 0 Å². The fourth-order valence-corrected chi connectivity index (χ4v) is 10.7. The molecule has 0 bridgehead atoms. The van der Waals surface area contributed by atoms with Crippen molar-refractivity contribution in [2.45, 2.75) is 125 Å². The number of likely N-dealkylation sites (tertiary alicyclic amines) is 1. The number of piperidine rings is 1. The van der Waals surface area contributed by atoms with Crippen molar-refractivity contribution in [2.24, 2.45) is 22.9 Å². The molecule has 0 spiro atoms. The van der Waals surface area contributed by atoms with E-state index in [0.29, 0.717) is 46.2 Å². The number of hydrogen-bond acceptors (Lipinski definition) is 17. The van der Waals surface area contributed by atoms with Gasteiger partial charge >= 0.3 is 26.6 Å². The van der Waals surface area contributed by atoms with Crippen molar-refractivity contribution in [3.05, 3.63) is 124 Å². The van der Waals surface area contributed by atoms with Crippen LogP contribution in [0.3, 0.4) is 0 Å². The summed E-state index contributed by atoms with van der Waals surface area (Å²) >= 11 is 0. The van der Waals surface area contributed by atoms with Crippen molar-refractivity contribution in [3.63, 3.8) is 0 Å². The van der Waals surface area contributed by atoms with Crippen molar-refractivity contribution in [2.75, 3.05) is 51.1 Å². The lowest BCUT2D eigenvalue weighted by Gasteiger charge is -2.35. The highest BCUT2D eigenvalue weighted by atomic mass is 19.4. The molecule has 31 heteroatoms. The van der Waals surface area contributed by atoms with Gasteiger partial charge in [-0.05, 0) is 116 Å². The van der Waals surface area contributed by atoms with Crippen LogP contribution >= 0.6 is 0 Å². The lowest BCUT2D eigenvalue weighted by atomic mass is 9.78. The van der Waals surface area contributed by atoms with Gasteiger partial charge in [0, 0.05) is 76.4 Å². The molecule has 3 aliphatic rings. The van der Waals surface area contributed by atoms with E-state index in [0.717, 1.165) is 24.3 Å². The maximum Gasteiger partial charge on any atom is 0.492 e. The average molecular weight is 1240 g/mol. The van der Waals surface area contributed by atoms with E-state index in [1.807, 2.05) is 0 Å². The standard InChI is InChI=1S/C57H74B2F6N12O11/c1-55(2)40-17-16-38(28-42(40)59(86)88-55)72-54(84)49(50(80)33-10-14-35(15-11-33)57(63,64)65)74-51(81)43(69)18-21-47(78)76(25-23-66)26-24-71-75-45(20-22-48(79)77-30-36(67)27-37(68)31-77)53(83)73-44(19-9-32-7-12-34(13-8-32)56(60,61)62)52(82)70-29-46-39-5-3-4-6-41(39)58(85)87-46/h3-8,10-17,28,36-37,43-46,49-50,71,75,80,85-86H,9,18-27,29-31,66-69H2,1-2H3,(H,70,82)(H,72,84)(H,73,83)(H,74,81)/t36-,37+,43-,44+,45-,46+,49-,50+/m0/s1. The van der Waals surface area contributed by atoms with Crippen molar-refractivity contribution in [3.8, 4) is 0 Å². The summed E-state index contributed by atoms with van der Waals surface area (Å²) in [5.74, 6) is -4.40. The molecule has 8 atom stereocenters. The van der Waals surface area contributed by atoms with Crippen LogP contribution in [0.15, 0.2) is 91.0 Å². The maximum absolute atomic E-state index is 14.4. The van der Waals surface area contributed by atoms with Crippen LogP contribution in [0.25, 0.3) is 0 Å². The Labute approximate surface area is 504 Å². The number of nitrogens with one attached hydrogen (secondary N) is 6. The van der Waals surface area contributed by atoms with Gasteiger partial charge in [-0.3, -0.25) is 34.2 Å². The molecule has 4 aromatic carbocycles. The maximum atomic E-state index is 14.4. The molecule has 1 saturated heterocycles. The van der Waals surface area contributed by atoms with Crippen LogP contribution < -0.4 is 66.0 Å². The summed E-state index contributed by atoms with van der Waals surface area (Å²) in [5, 5.41) is 42.9. The second-order valence-electron chi connectivity index (χ2n) is 22.5. The van der Waals surface area contributed by atoms with Gasteiger partial charge in [0.2, 0.25) is 35.4 Å². The third-order valence-corrected chi connectivity index (χ3v) is 15.5. The summed E-state index contributed by atoms with van der Waals surface area (Å²) in [6, 6.07) is 12.3. The molecule has 88 heavy (non-hydrogen) atoms. The molecular weight excluding hydrogens is 1160 g/mol. The number of aliphatic hydroxyl groups is 1. The summed E-state index contributed by atoms with van der Waals surface area (Å²) in [5.41, 5.74) is 29.9. The molecule has 0 radical (unpaired) electrons. The predicted molar refractivity (Wildman–Crippen MR) is 312 cm³/mol. The van der Waals surface area contributed by atoms with Crippen molar-refractivity contribution < 1.29 is 79.6 Å². The number of amides is 6. The molecule has 3 heterocycles. The Morgan fingerprint density at radius 2 is 1.41 bits per heavy atom. The van der Waals surface area contributed by atoms with E-state index >= 15 is 0 Å². The van der Waals surface area contributed by atoms with Crippen LogP contribution in [0.2, 0.25) is 0 Å². The Balaban J connectivity index is 1.00. The van der Waals surface area contributed by atoms with E-state index in [4.69, 9.17) is 32.2 Å². The van der Waals surface area contributed by atoms with Gasteiger partial charge < -0.3 is 78.5 Å². The van der Waals surface area contributed by atoms with Crippen LogP contribution in [0, 0.1) is 0 Å². The van der Waals surface area contributed by atoms with E-state index in [-0.39, 0.29) is 114 Å². The van der Waals surface area contributed by atoms with E-state index in [2.05, 4.69) is 32.1 Å². The minimum absolute atomic E-state index is 0.00243. The topological polar surface area (TPSA) is 364 Å². The van der Waals surface area contributed by atoms with Gasteiger partial charge in [-0.2, -0.15) is 26.3 Å². The molecule has 0 saturated carbocycles. The smallest absolute Gasteiger partial charge is 0.423 e. The van der Waals surface area contributed by atoms with Crippen molar-refractivity contribution in [1.82, 2.24) is 36.6 Å². The molecule has 23 nitrogen and oxygen atoms in total. The summed E-state index contributed by atoms with van der Waals surface area (Å²) in [6.45, 7) is 3.61. The second kappa shape index (κ2) is 30.0. The molecule has 6 amide bonds. The summed E-state index contributed by atoms with van der Waals surface area (Å²) in [4.78, 5) is 86.2. The lowest BCUT2D eigenvalue weighted by molar-refractivity contribution is -0.138. The Kier molecular flexibility index (Phi) is 23.3. The molecule has 0 aromatic heterocycles. The van der Waals surface area contributed by atoms with Gasteiger partial charge in [0.1, 0.15) is 24.2 Å². The highest BCUT2D eigenvalue weighted by Gasteiger charge is 2.42. The quantitative estimate of drug-likeness (QED) is 0.0156. The first-order valence-corrected chi connectivity index (χ1v) is 28.7. The van der Waals surface area contributed by atoms with Crippen LogP contribution in [-0.4, -0.2) is 157 Å². The first-order chi connectivity index (χ1) is 41.5. The summed E-state index contributed by atoms with van der Waals surface area (Å²) in [6.07, 6.45) is -12.6. The second-order valence-corrected chi connectivity index (χ2v) is 22.5. The number of aliphatic hydroxyl groups excluding tert-OH is 1. The predicted octanol–water partition coefficient (Wildman–Crippen LogP) is -0.449. The zero-order valence-electron chi connectivity index (χ0n) is 48.4. The number of fused-ring (bicyclic) bond motifs is 2. The van der Waals surface area contributed by atoms with Crippen molar-refractivity contribution >= 4 is 66.3 Å². The van der Waals surface area contributed by atoms with Crippen LogP contribution in [0.5, 0.6) is 0 Å². The zero-order valence-corrected chi connectivity index (χ0v) is 48.4. The first kappa shape index (κ1) is 68.5. The monoisotopic (exact) mass is 1240 g/mol. The number of hydrogen-bond donors (Lipinski definition) is 13. The number of hydrazine groups is 1. The summed E-state index contributed by atoms with van der Waals surface area (Å²) < 4.78 is 91.8. The number of benzene rings is 4. The normalized spacial score (nSPS) is 18.9. The van der Waals surface area contributed by atoms with Gasteiger partial charge in [-0.1, -0.05) is 54.6 Å². The van der Waals surface area contributed by atoms with E-state index in [9.17, 15) is 70.3 Å². The largest absolute Gasteiger partial charge is 0.492 e. The number of nitrogens with zero attached hydrogens (tertiary/aromatic N) is 2. The summed E-state index contributed by atoms with van der Waals surface area (Å²) in [7, 11) is -2.60. The van der Waals surface area contributed by atoms with E-state index < -0.39 is 109 Å². The fourth-order valence-electron chi connectivity index (χ4n) is 10.7. The van der Waals surface area contributed by atoms with Gasteiger partial charge in [0.05, 0.1) is 28.9 Å². The SMILES string of the molecule is CC1(C)OB(O)c2cc(NC(=O)[C@@H](NC(=O)[C@@H](N)CCC(=O)N(CCN)CCNN[C@@H](CCC(=O)N3C[C@H](N)C[C@H](N)C3)C(=O)N[C@H](CCc3ccc(C(F)(F)F)cc3)C(=O)NC[C@H]3OB(O)c4ccccc43)[C@H](O)c3ccc(C(F)(F)F)cc3)ccc21. The number of aryl methyl sites for hydroxylation is 1. The van der Waals surface area contributed by atoms with Gasteiger partial charge in [0.15, 0.2) is 0 Å². The Morgan fingerprint density at radius 1 is 0.761 bits per heavy atom. The number of alkyl halides is 6. The molecule has 476 valence electrons. The Bertz CT molecular complexity index is 3070. The first-order valence-electron chi connectivity index (χ1n) is 28.7. The third-order valence-electron chi connectivity index (χ3n) is 15.5. The van der Waals surface area contributed by atoms with Gasteiger partial charge in [-0.15, -0.1) is 0 Å². The van der Waals surface area contributed by atoms with Gasteiger partial charge in [-0.25, -0.2) is 5.43 Å². The molecule has 1 fully saturated rings. The highest BCUT2D eigenvalue weighted by molar-refractivity contribution is 6.62. The highest BCUT2D eigenvalue weighted by Crippen LogP contribution is 2.33. The molecule has 0 aliphatic carbocycles. The van der Waals surface area contributed by atoms with Crippen molar-refractivity contribution in [1.29, 1.82) is 0 Å². The Hall–Kier alpha value is -7.03. The van der Waals surface area contributed by atoms with E-state index in [1.54, 1.807) is 44.2 Å². The molecule has 0 unspecified atom stereocenters. The molecular formula is C57H74B2F6N12O11. The lowest BCUT2D eigenvalue weighted by Crippen LogP contribution is -2.57. The molecule has 4 aromatic rings. The fraction of sp³-hybridized carbons (Fsp3) is 0.474. The minimum Gasteiger partial charge on any atom is -0.423 e. The van der Waals surface area contributed by atoms with E-state index in [1.165, 1.54) is 34.1 Å².